The molecule has 0 bridgehead atoms. The summed E-state index contributed by atoms with van der Waals surface area (Å²) in [4.78, 5) is 23.3. The van der Waals surface area contributed by atoms with Gasteiger partial charge in [0.05, 0.1) is 18.6 Å². The zero-order chi connectivity index (χ0) is 20.6. The van der Waals surface area contributed by atoms with Crippen molar-refractivity contribution in [3.05, 3.63) is 59.7 Å². The quantitative estimate of drug-likeness (QED) is 0.706. The summed E-state index contributed by atoms with van der Waals surface area (Å²) in [6.45, 7) is 1.50. The fourth-order valence-electron chi connectivity index (χ4n) is 2.05. The zero-order valence-electron chi connectivity index (χ0n) is 15.0. The highest BCUT2D eigenvalue weighted by atomic mass is 19.4. The van der Waals surface area contributed by atoms with Crippen molar-refractivity contribution in [2.75, 3.05) is 13.2 Å². The van der Waals surface area contributed by atoms with Crippen LogP contribution in [0.1, 0.15) is 17.5 Å². The number of carbonyl (C=O) groups is 2. The van der Waals surface area contributed by atoms with E-state index in [2.05, 4.69) is 10.9 Å². The van der Waals surface area contributed by atoms with Gasteiger partial charge in [0.25, 0.3) is 5.91 Å². The molecule has 0 saturated heterocycles. The van der Waals surface area contributed by atoms with Crippen molar-refractivity contribution < 1.29 is 32.2 Å². The second-order valence-electron chi connectivity index (χ2n) is 5.82. The van der Waals surface area contributed by atoms with Gasteiger partial charge in [-0.3, -0.25) is 20.4 Å². The van der Waals surface area contributed by atoms with Gasteiger partial charge in [0.2, 0.25) is 5.91 Å². The summed E-state index contributed by atoms with van der Waals surface area (Å²) >= 11 is 0. The molecule has 0 aliphatic carbocycles. The van der Waals surface area contributed by atoms with Crippen LogP contribution in [-0.2, 0) is 15.8 Å². The molecular weight excluding hydrogens is 377 g/mol. The minimum atomic E-state index is -4.50. The van der Waals surface area contributed by atoms with Crippen molar-refractivity contribution >= 4 is 11.8 Å². The van der Waals surface area contributed by atoms with E-state index in [-0.39, 0.29) is 18.8 Å². The van der Waals surface area contributed by atoms with Crippen LogP contribution in [0, 0.1) is 6.92 Å². The van der Waals surface area contributed by atoms with Gasteiger partial charge in [-0.2, -0.15) is 13.2 Å². The molecule has 0 aliphatic heterocycles. The molecule has 0 atom stereocenters. The molecule has 0 unspecified atom stereocenters. The Morgan fingerprint density at radius 1 is 0.929 bits per heavy atom. The van der Waals surface area contributed by atoms with E-state index >= 15 is 0 Å². The third-order valence-electron chi connectivity index (χ3n) is 3.49. The molecule has 0 aliphatic rings. The number of aryl methyl sites for hydroxylation is 1. The first-order valence-electron chi connectivity index (χ1n) is 8.31. The lowest BCUT2D eigenvalue weighted by atomic mass is 10.2. The summed E-state index contributed by atoms with van der Waals surface area (Å²) in [5.41, 5.74) is 4.49. The van der Waals surface area contributed by atoms with Gasteiger partial charge in [-0.05, 0) is 37.3 Å². The largest absolute Gasteiger partial charge is 0.493 e. The highest BCUT2D eigenvalue weighted by Crippen LogP contribution is 2.31. The Bertz CT molecular complexity index is 808. The molecule has 9 heteroatoms. The van der Waals surface area contributed by atoms with Crippen LogP contribution in [-0.4, -0.2) is 25.0 Å². The molecule has 150 valence electrons. The Hall–Kier alpha value is -3.23. The molecule has 0 aromatic heterocycles. The van der Waals surface area contributed by atoms with Gasteiger partial charge < -0.3 is 9.47 Å². The summed E-state index contributed by atoms with van der Waals surface area (Å²) in [6, 6.07) is 11.5. The van der Waals surface area contributed by atoms with Crippen LogP contribution < -0.4 is 20.3 Å². The molecule has 0 radical (unpaired) electrons. The first-order valence-corrected chi connectivity index (χ1v) is 8.31. The number of alkyl halides is 3. The number of rotatable bonds is 7. The van der Waals surface area contributed by atoms with Crippen LogP contribution in [0.5, 0.6) is 11.5 Å². The monoisotopic (exact) mass is 396 g/mol. The average molecular weight is 396 g/mol. The van der Waals surface area contributed by atoms with Gasteiger partial charge in [0, 0.05) is 0 Å². The van der Waals surface area contributed by atoms with Crippen LogP contribution >= 0.6 is 0 Å². The van der Waals surface area contributed by atoms with Gasteiger partial charge in [-0.1, -0.05) is 23.8 Å². The second-order valence-corrected chi connectivity index (χ2v) is 5.82. The normalized spacial score (nSPS) is 10.9. The summed E-state index contributed by atoms with van der Waals surface area (Å²) in [6.07, 6.45) is -4.50. The molecule has 0 saturated carbocycles. The van der Waals surface area contributed by atoms with Gasteiger partial charge in [0.1, 0.15) is 11.5 Å². The third-order valence-corrected chi connectivity index (χ3v) is 3.49. The van der Waals surface area contributed by atoms with E-state index in [0.29, 0.717) is 5.75 Å². The Labute approximate surface area is 159 Å². The fraction of sp³-hybridized carbons (Fsp3) is 0.263. The van der Waals surface area contributed by atoms with Crippen molar-refractivity contribution in [1.29, 1.82) is 0 Å². The number of hydrogen-bond acceptors (Lipinski definition) is 4. The van der Waals surface area contributed by atoms with Crippen LogP contribution in [0.2, 0.25) is 0 Å². The molecule has 28 heavy (non-hydrogen) atoms. The van der Waals surface area contributed by atoms with E-state index in [9.17, 15) is 22.8 Å². The molecule has 2 aromatic carbocycles. The topological polar surface area (TPSA) is 76.7 Å². The Morgan fingerprint density at radius 3 is 2.29 bits per heavy atom. The number of hydrazine groups is 1. The number of ether oxygens (including phenoxy) is 2. The lowest BCUT2D eigenvalue weighted by Gasteiger charge is -2.11. The molecule has 2 aromatic rings. The molecule has 0 fully saturated rings. The number of nitrogens with one attached hydrogen (secondary N) is 2. The minimum absolute atomic E-state index is 0.00262. The maximum absolute atomic E-state index is 12.6. The number of halogens is 3. The standard InChI is InChI=1S/C19H19F3N2O4/c1-13-5-7-15(8-6-13)27-10-9-17(25)23-24-18(26)12-28-16-4-2-3-14(11-16)19(20,21)22/h2-8,11H,9-10,12H2,1H3,(H,23,25)(H,24,26). The highest BCUT2D eigenvalue weighted by Gasteiger charge is 2.30. The molecule has 0 spiro atoms. The first-order chi connectivity index (χ1) is 13.2. The summed E-state index contributed by atoms with van der Waals surface area (Å²) in [7, 11) is 0. The lowest BCUT2D eigenvalue weighted by Crippen LogP contribution is -2.44. The Balaban J connectivity index is 1.66. The summed E-state index contributed by atoms with van der Waals surface area (Å²) in [5.74, 6) is -0.690. The first kappa shape index (κ1) is 21.1. The van der Waals surface area contributed by atoms with E-state index in [1.165, 1.54) is 12.1 Å². The van der Waals surface area contributed by atoms with Crippen LogP contribution in [0.15, 0.2) is 48.5 Å². The number of benzene rings is 2. The zero-order valence-corrected chi connectivity index (χ0v) is 15.0. The van der Waals surface area contributed by atoms with Gasteiger partial charge in [0.15, 0.2) is 6.61 Å². The minimum Gasteiger partial charge on any atom is -0.493 e. The van der Waals surface area contributed by atoms with E-state index < -0.39 is 30.2 Å². The smallest absolute Gasteiger partial charge is 0.416 e. The number of amides is 2. The molecule has 2 amide bonds. The Kier molecular flexibility index (Phi) is 7.25. The van der Waals surface area contributed by atoms with Crippen LogP contribution in [0.25, 0.3) is 0 Å². The van der Waals surface area contributed by atoms with Gasteiger partial charge in [-0.15, -0.1) is 0 Å². The summed E-state index contributed by atoms with van der Waals surface area (Å²) in [5, 5.41) is 0. The maximum Gasteiger partial charge on any atom is 0.416 e. The number of carbonyl (C=O) groups excluding carboxylic acids is 2. The number of hydrogen-bond donors (Lipinski definition) is 2. The lowest BCUT2D eigenvalue weighted by molar-refractivity contribution is -0.137. The molecule has 0 heterocycles. The highest BCUT2D eigenvalue weighted by molar-refractivity contribution is 5.82. The third kappa shape index (κ3) is 7.18. The van der Waals surface area contributed by atoms with E-state index in [0.717, 1.165) is 17.7 Å². The van der Waals surface area contributed by atoms with E-state index in [1.54, 1.807) is 12.1 Å². The molecule has 2 rings (SSSR count). The van der Waals surface area contributed by atoms with Crippen molar-refractivity contribution in [2.24, 2.45) is 0 Å². The van der Waals surface area contributed by atoms with Crippen molar-refractivity contribution in [3.63, 3.8) is 0 Å². The summed E-state index contributed by atoms with van der Waals surface area (Å²) < 4.78 is 48.2. The Morgan fingerprint density at radius 2 is 1.61 bits per heavy atom. The second kappa shape index (κ2) is 9.63. The van der Waals surface area contributed by atoms with Crippen LogP contribution in [0.3, 0.4) is 0 Å². The molecule has 2 N–H and O–H groups in total. The molecular formula is C19H19F3N2O4. The van der Waals surface area contributed by atoms with E-state index in [1.807, 2.05) is 19.1 Å². The van der Waals surface area contributed by atoms with E-state index in [4.69, 9.17) is 9.47 Å². The predicted molar refractivity (Wildman–Crippen MR) is 94.5 cm³/mol. The maximum atomic E-state index is 12.6. The SMILES string of the molecule is Cc1ccc(OCCC(=O)NNC(=O)COc2cccc(C(F)(F)F)c2)cc1. The fourth-order valence-corrected chi connectivity index (χ4v) is 2.05. The van der Waals surface area contributed by atoms with Crippen molar-refractivity contribution in [2.45, 2.75) is 19.5 Å². The van der Waals surface area contributed by atoms with Gasteiger partial charge in [-0.25, -0.2) is 0 Å². The van der Waals surface area contributed by atoms with Crippen molar-refractivity contribution in [1.82, 2.24) is 10.9 Å². The van der Waals surface area contributed by atoms with Crippen LogP contribution in [0.4, 0.5) is 13.2 Å². The molecule has 6 nitrogen and oxygen atoms in total. The van der Waals surface area contributed by atoms with Gasteiger partial charge >= 0.3 is 6.18 Å². The van der Waals surface area contributed by atoms with Crippen molar-refractivity contribution in [3.8, 4) is 11.5 Å². The predicted octanol–water partition coefficient (Wildman–Crippen LogP) is 3.01. The average Bonchev–Trinajstić information content (AvgIpc) is 2.66.